The van der Waals surface area contributed by atoms with Crippen molar-refractivity contribution >= 4 is 0 Å². The van der Waals surface area contributed by atoms with Crippen LogP contribution in [-0.4, -0.2) is 34.7 Å². The molecule has 1 rings (SSSR count). The molecule has 3 heteroatoms. The quantitative estimate of drug-likeness (QED) is 0.657. The lowest BCUT2D eigenvalue weighted by molar-refractivity contribution is -0.0560. The molecule has 0 amide bonds. The maximum absolute atomic E-state index is 9.11. The first-order valence-electron chi connectivity index (χ1n) is 4.35. The van der Waals surface area contributed by atoms with Gasteiger partial charge in [-0.15, -0.1) is 0 Å². The fourth-order valence-electron chi connectivity index (χ4n) is 1.40. The Morgan fingerprint density at radius 1 is 1.58 bits per heavy atom. The van der Waals surface area contributed by atoms with Gasteiger partial charge in [0.1, 0.15) is 5.54 Å². The number of hydrogen-bond acceptors (Lipinski definition) is 3. The van der Waals surface area contributed by atoms with Crippen LogP contribution in [0.1, 0.15) is 20.8 Å². The van der Waals surface area contributed by atoms with Crippen LogP contribution < -0.4 is 0 Å². The van der Waals surface area contributed by atoms with E-state index in [-0.39, 0.29) is 6.10 Å². The summed E-state index contributed by atoms with van der Waals surface area (Å²) in [6.45, 7) is 7.29. The standard InChI is InChI=1S/C9H16N2O/c1-7(2)9(3,6-10)11-4-8(12)5-11/h7-8,12H,4-5H2,1-3H3. The molecule has 0 aliphatic carbocycles. The molecular formula is C9H16N2O. The van der Waals surface area contributed by atoms with E-state index in [1.807, 2.05) is 25.7 Å². The highest BCUT2D eigenvalue weighted by Gasteiger charge is 2.41. The molecule has 12 heavy (non-hydrogen) atoms. The summed E-state index contributed by atoms with van der Waals surface area (Å²) in [7, 11) is 0. The van der Waals surface area contributed by atoms with Crippen LogP contribution in [-0.2, 0) is 0 Å². The highest BCUT2D eigenvalue weighted by Crippen LogP contribution is 2.28. The summed E-state index contributed by atoms with van der Waals surface area (Å²) in [5.41, 5.74) is -0.404. The first-order valence-corrected chi connectivity index (χ1v) is 4.35. The molecule has 0 aromatic carbocycles. The predicted octanol–water partition coefficient (Wildman–Crippen LogP) is 0.601. The van der Waals surface area contributed by atoms with Gasteiger partial charge in [0.2, 0.25) is 0 Å². The third-order valence-corrected chi connectivity index (χ3v) is 2.87. The highest BCUT2D eigenvalue weighted by molar-refractivity contribution is 5.10. The number of nitriles is 1. The van der Waals surface area contributed by atoms with E-state index in [2.05, 4.69) is 6.07 Å². The largest absolute Gasteiger partial charge is 0.390 e. The van der Waals surface area contributed by atoms with Crippen molar-refractivity contribution < 1.29 is 5.11 Å². The topological polar surface area (TPSA) is 47.3 Å². The minimum absolute atomic E-state index is 0.226. The third-order valence-electron chi connectivity index (χ3n) is 2.87. The van der Waals surface area contributed by atoms with Crippen molar-refractivity contribution in [3.8, 4) is 6.07 Å². The van der Waals surface area contributed by atoms with E-state index in [1.165, 1.54) is 0 Å². The summed E-state index contributed by atoms with van der Waals surface area (Å²) in [6.07, 6.45) is -0.226. The van der Waals surface area contributed by atoms with E-state index >= 15 is 0 Å². The molecular weight excluding hydrogens is 152 g/mol. The smallest absolute Gasteiger partial charge is 0.108 e. The van der Waals surface area contributed by atoms with E-state index in [0.29, 0.717) is 19.0 Å². The lowest BCUT2D eigenvalue weighted by atomic mass is 9.85. The SMILES string of the molecule is CC(C)C(C)(C#N)N1CC(O)C1. The Labute approximate surface area is 73.6 Å². The van der Waals surface area contributed by atoms with Gasteiger partial charge < -0.3 is 5.11 Å². The summed E-state index contributed by atoms with van der Waals surface area (Å²) in [5, 5.41) is 18.1. The first-order chi connectivity index (χ1) is 5.50. The van der Waals surface area contributed by atoms with Gasteiger partial charge in [-0.3, -0.25) is 4.90 Å². The van der Waals surface area contributed by atoms with Crippen molar-refractivity contribution in [2.45, 2.75) is 32.4 Å². The number of nitrogens with zero attached hydrogens (tertiary/aromatic N) is 2. The van der Waals surface area contributed by atoms with E-state index < -0.39 is 5.54 Å². The Bertz CT molecular complexity index is 203. The van der Waals surface area contributed by atoms with Gasteiger partial charge in [0.15, 0.2) is 0 Å². The van der Waals surface area contributed by atoms with Crippen molar-refractivity contribution in [2.75, 3.05) is 13.1 Å². The minimum Gasteiger partial charge on any atom is -0.390 e. The average molecular weight is 168 g/mol. The molecule has 1 aliphatic rings. The Balaban J connectivity index is 2.64. The molecule has 0 aromatic heterocycles. The maximum Gasteiger partial charge on any atom is 0.108 e. The summed E-state index contributed by atoms with van der Waals surface area (Å²) < 4.78 is 0. The molecule has 1 unspecified atom stereocenters. The zero-order valence-corrected chi connectivity index (χ0v) is 7.91. The second-order valence-electron chi connectivity index (χ2n) is 3.97. The Hall–Kier alpha value is -0.590. The molecule has 1 N–H and O–H groups in total. The molecule has 1 atom stereocenters. The van der Waals surface area contributed by atoms with Crippen LogP contribution in [0.4, 0.5) is 0 Å². The molecule has 0 spiro atoms. The van der Waals surface area contributed by atoms with Crippen LogP contribution >= 0.6 is 0 Å². The second-order valence-corrected chi connectivity index (χ2v) is 3.97. The van der Waals surface area contributed by atoms with Crippen LogP contribution in [0.15, 0.2) is 0 Å². The summed E-state index contributed by atoms with van der Waals surface area (Å²) >= 11 is 0. The Kier molecular flexibility index (Phi) is 2.41. The van der Waals surface area contributed by atoms with Crippen LogP contribution in [0.3, 0.4) is 0 Å². The molecule has 1 heterocycles. The Morgan fingerprint density at radius 3 is 2.33 bits per heavy atom. The molecule has 1 fully saturated rings. The number of rotatable bonds is 2. The molecule has 3 nitrogen and oxygen atoms in total. The van der Waals surface area contributed by atoms with E-state index in [9.17, 15) is 0 Å². The fourth-order valence-corrected chi connectivity index (χ4v) is 1.40. The number of likely N-dealkylation sites (tertiary alicyclic amines) is 1. The van der Waals surface area contributed by atoms with Gasteiger partial charge in [-0.05, 0) is 12.8 Å². The van der Waals surface area contributed by atoms with Crippen molar-refractivity contribution in [2.24, 2.45) is 5.92 Å². The van der Waals surface area contributed by atoms with Crippen LogP contribution in [0, 0.1) is 17.2 Å². The van der Waals surface area contributed by atoms with Gasteiger partial charge in [-0.1, -0.05) is 13.8 Å². The fraction of sp³-hybridized carbons (Fsp3) is 0.889. The van der Waals surface area contributed by atoms with E-state index in [4.69, 9.17) is 10.4 Å². The van der Waals surface area contributed by atoms with E-state index in [0.717, 1.165) is 0 Å². The Morgan fingerprint density at radius 2 is 2.08 bits per heavy atom. The molecule has 0 radical (unpaired) electrons. The zero-order valence-electron chi connectivity index (χ0n) is 7.91. The highest BCUT2D eigenvalue weighted by atomic mass is 16.3. The maximum atomic E-state index is 9.11. The second kappa shape index (κ2) is 3.04. The van der Waals surface area contributed by atoms with Crippen molar-refractivity contribution in [1.82, 2.24) is 4.90 Å². The number of β-amino-alcohol motifs (C(OH)–C–C–N with tert-alkyl or cyclic N) is 1. The summed E-state index contributed by atoms with van der Waals surface area (Å²) in [4.78, 5) is 2.03. The van der Waals surface area contributed by atoms with Crippen LogP contribution in [0.25, 0.3) is 0 Å². The van der Waals surface area contributed by atoms with Crippen molar-refractivity contribution in [3.63, 3.8) is 0 Å². The van der Waals surface area contributed by atoms with Gasteiger partial charge in [0, 0.05) is 13.1 Å². The lowest BCUT2D eigenvalue weighted by Crippen LogP contribution is -2.62. The van der Waals surface area contributed by atoms with Gasteiger partial charge in [0.25, 0.3) is 0 Å². The van der Waals surface area contributed by atoms with Crippen molar-refractivity contribution in [3.05, 3.63) is 0 Å². The lowest BCUT2D eigenvalue weighted by Gasteiger charge is -2.47. The van der Waals surface area contributed by atoms with Gasteiger partial charge >= 0.3 is 0 Å². The minimum atomic E-state index is -0.404. The number of hydrogen-bond donors (Lipinski definition) is 1. The summed E-state index contributed by atoms with van der Waals surface area (Å²) in [6, 6.07) is 2.32. The monoisotopic (exact) mass is 168 g/mol. The number of aliphatic hydroxyl groups excluding tert-OH is 1. The molecule has 68 valence electrons. The van der Waals surface area contributed by atoms with Crippen LogP contribution in [0.2, 0.25) is 0 Å². The summed E-state index contributed by atoms with van der Waals surface area (Å²) in [5.74, 6) is 0.301. The van der Waals surface area contributed by atoms with Gasteiger partial charge in [-0.2, -0.15) is 5.26 Å². The van der Waals surface area contributed by atoms with Gasteiger partial charge in [0.05, 0.1) is 12.2 Å². The molecule has 0 aromatic rings. The third kappa shape index (κ3) is 1.33. The van der Waals surface area contributed by atoms with Crippen LogP contribution in [0.5, 0.6) is 0 Å². The van der Waals surface area contributed by atoms with E-state index in [1.54, 1.807) is 0 Å². The number of aliphatic hydroxyl groups is 1. The predicted molar refractivity (Wildman–Crippen MR) is 46.4 cm³/mol. The average Bonchev–Trinajstić information content (AvgIpc) is 1.97. The molecule has 0 bridgehead atoms. The van der Waals surface area contributed by atoms with Crippen molar-refractivity contribution in [1.29, 1.82) is 5.26 Å². The molecule has 1 aliphatic heterocycles. The molecule has 0 saturated carbocycles. The first kappa shape index (κ1) is 9.50. The molecule has 1 saturated heterocycles. The van der Waals surface area contributed by atoms with Gasteiger partial charge in [-0.25, -0.2) is 0 Å². The normalized spacial score (nSPS) is 24.7. The zero-order chi connectivity index (χ0) is 9.35.